The van der Waals surface area contributed by atoms with E-state index in [9.17, 15) is 35.6 Å². The number of nitro benzene ring substituents is 1. The van der Waals surface area contributed by atoms with Gasteiger partial charge in [0.25, 0.3) is 5.69 Å². The van der Waals surface area contributed by atoms with E-state index in [-0.39, 0.29) is 17.8 Å². The lowest BCUT2D eigenvalue weighted by molar-refractivity contribution is -0.383. The van der Waals surface area contributed by atoms with Crippen LogP contribution in [-0.2, 0) is 0 Å². The summed E-state index contributed by atoms with van der Waals surface area (Å²) in [4.78, 5) is 13.5. The van der Waals surface area contributed by atoms with E-state index in [2.05, 4.69) is 20.7 Å². The summed E-state index contributed by atoms with van der Waals surface area (Å²) in [6, 6.07) is 3.49. The van der Waals surface area contributed by atoms with Crippen molar-refractivity contribution in [3.05, 3.63) is 28.3 Å². The standard InChI is InChI=1S/C17H26N6O7/c18-22-21-10-3-4-11(13(7-10)23(29)30)19-5-1-2-6-20-12-8-17(28,9-24)16(27)15(26)14(12)25/h3-4,7,12,14-16,18,20,24-28H,1-2,5-6,8-9H2/p+1/t12-,14-,15+,16-,17-/m0/s1. The summed E-state index contributed by atoms with van der Waals surface area (Å²) < 4.78 is 0. The summed E-state index contributed by atoms with van der Waals surface area (Å²) in [7, 11) is 0. The van der Waals surface area contributed by atoms with Crippen molar-refractivity contribution in [3.8, 4) is 0 Å². The lowest BCUT2D eigenvalue weighted by Crippen LogP contribution is -2.67. The van der Waals surface area contributed by atoms with Gasteiger partial charge in [-0.05, 0) is 37.9 Å². The van der Waals surface area contributed by atoms with Gasteiger partial charge in [0, 0.05) is 12.6 Å². The molecular weight excluding hydrogens is 400 g/mol. The number of nitrogens with one attached hydrogen (secondary N) is 3. The van der Waals surface area contributed by atoms with Crippen LogP contribution in [0.5, 0.6) is 0 Å². The first-order chi connectivity index (χ1) is 14.2. The van der Waals surface area contributed by atoms with Gasteiger partial charge in [0.2, 0.25) is 4.91 Å². The molecule has 0 aliphatic heterocycles. The third-order valence-electron chi connectivity index (χ3n) is 5.15. The fraction of sp³-hybridized carbons (Fsp3) is 0.647. The van der Waals surface area contributed by atoms with Gasteiger partial charge in [-0.25, -0.2) is 0 Å². The normalized spacial score (nSPS) is 28.6. The Morgan fingerprint density at radius 2 is 1.97 bits per heavy atom. The van der Waals surface area contributed by atoms with E-state index in [0.29, 0.717) is 31.6 Å². The van der Waals surface area contributed by atoms with Crippen LogP contribution in [0.1, 0.15) is 19.3 Å². The first kappa shape index (κ1) is 23.8. The maximum absolute atomic E-state index is 11.2. The number of hydrogen-bond donors (Lipinski definition) is 8. The van der Waals surface area contributed by atoms with Gasteiger partial charge in [-0.1, -0.05) is 0 Å². The lowest BCUT2D eigenvalue weighted by atomic mass is 9.76. The predicted octanol–water partition coefficient (Wildman–Crippen LogP) is -0.863. The first-order valence-electron chi connectivity index (χ1n) is 9.44. The van der Waals surface area contributed by atoms with Crippen molar-refractivity contribution in [1.82, 2.24) is 10.2 Å². The summed E-state index contributed by atoms with van der Waals surface area (Å²) in [6.07, 6.45) is -3.43. The Bertz CT molecular complexity index is 790. The fourth-order valence-electron chi connectivity index (χ4n) is 3.42. The van der Waals surface area contributed by atoms with E-state index in [1.54, 1.807) is 0 Å². The fourth-order valence-corrected chi connectivity index (χ4v) is 3.42. The number of hydrogen-bond acceptors (Lipinski definition) is 11. The molecule has 0 aromatic heterocycles. The summed E-state index contributed by atoms with van der Waals surface area (Å²) in [6.45, 7) is 0.0936. The maximum Gasteiger partial charge on any atom is 0.294 e. The van der Waals surface area contributed by atoms with Gasteiger partial charge in [0.05, 0.1) is 23.7 Å². The molecule has 1 aliphatic rings. The Labute approximate surface area is 171 Å². The van der Waals surface area contributed by atoms with Gasteiger partial charge in [0.15, 0.2) is 10.8 Å². The number of benzene rings is 1. The van der Waals surface area contributed by atoms with E-state index in [1.807, 2.05) is 0 Å². The molecule has 0 amide bonds. The van der Waals surface area contributed by atoms with Crippen LogP contribution in [-0.4, -0.2) is 80.1 Å². The number of rotatable bonds is 10. The summed E-state index contributed by atoms with van der Waals surface area (Å²) in [5, 5.41) is 69.8. The van der Waals surface area contributed by atoms with Gasteiger partial charge in [-0.2, -0.15) is 0 Å². The van der Waals surface area contributed by atoms with Crippen molar-refractivity contribution in [2.75, 3.05) is 25.0 Å². The zero-order valence-corrected chi connectivity index (χ0v) is 16.2. The Hall–Kier alpha value is -2.51. The topological polar surface area (TPSA) is 219 Å². The predicted molar refractivity (Wildman–Crippen MR) is 104 cm³/mol. The number of aliphatic hydroxyl groups excluding tert-OH is 4. The highest BCUT2D eigenvalue weighted by molar-refractivity contribution is 5.66. The minimum Gasteiger partial charge on any atom is -0.393 e. The molecule has 0 bridgehead atoms. The average Bonchev–Trinajstić information content (AvgIpc) is 2.73. The minimum absolute atomic E-state index is 0.130. The molecule has 1 fully saturated rings. The van der Waals surface area contributed by atoms with Crippen LogP contribution in [0.3, 0.4) is 0 Å². The monoisotopic (exact) mass is 427 g/mol. The molecule has 1 aromatic carbocycles. The number of nitro groups is 1. The van der Waals surface area contributed by atoms with Gasteiger partial charge in [-0.15, -0.1) is 0 Å². The van der Waals surface area contributed by atoms with E-state index in [0.717, 1.165) is 0 Å². The van der Waals surface area contributed by atoms with Crippen LogP contribution < -0.4 is 15.5 Å². The smallest absolute Gasteiger partial charge is 0.294 e. The molecule has 1 saturated carbocycles. The third kappa shape index (κ3) is 5.55. The molecule has 13 heteroatoms. The molecule has 0 spiro atoms. The molecule has 13 nitrogen and oxygen atoms in total. The van der Waals surface area contributed by atoms with Gasteiger partial charge in [0.1, 0.15) is 29.0 Å². The second-order valence-electron chi connectivity index (χ2n) is 7.24. The SMILES string of the molecule is N=[N+]=Nc1ccc(NCCCCN[C@H]2C[C@](O)(CO)[C@@H](O)[C@H](O)[C@H]2O)c([N+](=O)[O-])c1. The molecule has 1 aliphatic carbocycles. The molecule has 1 aromatic rings. The maximum atomic E-state index is 11.2. The molecule has 8 N–H and O–H groups in total. The summed E-state index contributed by atoms with van der Waals surface area (Å²) >= 11 is 0. The molecule has 166 valence electrons. The molecule has 0 unspecified atom stereocenters. The zero-order valence-electron chi connectivity index (χ0n) is 16.2. The van der Waals surface area contributed by atoms with Crippen LogP contribution in [0.2, 0.25) is 0 Å². The summed E-state index contributed by atoms with van der Waals surface area (Å²) in [5.41, 5.74) is 5.12. The van der Waals surface area contributed by atoms with Crippen LogP contribution in [0.4, 0.5) is 17.1 Å². The van der Waals surface area contributed by atoms with Crippen molar-refractivity contribution in [3.63, 3.8) is 0 Å². The highest BCUT2D eigenvalue weighted by atomic mass is 16.6. The van der Waals surface area contributed by atoms with Crippen LogP contribution in [0.25, 0.3) is 0 Å². The second-order valence-corrected chi connectivity index (χ2v) is 7.24. The number of nitrogens with zero attached hydrogens (tertiary/aromatic N) is 3. The number of aliphatic hydroxyl groups is 5. The van der Waals surface area contributed by atoms with Crippen molar-refractivity contribution >= 4 is 17.1 Å². The second kappa shape index (κ2) is 10.5. The quantitative estimate of drug-likeness (QED) is 0.0764. The van der Waals surface area contributed by atoms with Crippen molar-refractivity contribution < 1.29 is 30.5 Å². The summed E-state index contributed by atoms with van der Waals surface area (Å²) in [5.74, 6) is 0. The minimum atomic E-state index is -1.90. The molecule has 30 heavy (non-hydrogen) atoms. The van der Waals surface area contributed by atoms with Gasteiger partial charge >= 0.3 is 0 Å². The Kier molecular flexibility index (Phi) is 8.32. The van der Waals surface area contributed by atoms with E-state index in [4.69, 9.17) is 5.53 Å². The number of unbranched alkanes of at least 4 members (excludes halogenated alkanes) is 1. The molecule has 2 rings (SSSR count). The van der Waals surface area contributed by atoms with Gasteiger partial charge < -0.3 is 36.2 Å². The lowest BCUT2D eigenvalue weighted by Gasteiger charge is -2.45. The van der Waals surface area contributed by atoms with Crippen molar-refractivity contribution in [2.24, 2.45) is 5.11 Å². The van der Waals surface area contributed by atoms with Crippen LogP contribution >= 0.6 is 0 Å². The third-order valence-corrected chi connectivity index (χ3v) is 5.15. The van der Waals surface area contributed by atoms with Crippen molar-refractivity contribution in [1.29, 1.82) is 5.53 Å². The first-order valence-corrected chi connectivity index (χ1v) is 9.44. The Morgan fingerprint density at radius 3 is 2.60 bits per heavy atom. The molecule has 0 heterocycles. The Morgan fingerprint density at radius 1 is 1.27 bits per heavy atom. The highest BCUT2D eigenvalue weighted by Crippen LogP contribution is 2.30. The molecular formula is C17H27N6O7+. The van der Waals surface area contributed by atoms with Crippen LogP contribution in [0.15, 0.2) is 23.3 Å². The zero-order chi connectivity index (χ0) is 22.3. The van der Waals surface area contributed by atoms with E-state index < -0.39 is 41.5 Å². The van der Waals surface area contributed by atoms with Crippen molar-refractivity contribution in [2.45, 2.75) is 49.2 Å². The molecule has 0 saturated heterocycles. The number of anilines is 1. The van der Waals surface area contributed by atoms with E-state index in [1.165, 1.54) is 18.2 Å². The van der Waals surface area contributed by atoms with Gasteiger partial charge in [-0.3, -0.25) is 10.1 Å². The molecule has 0 radical (unpaired) electrons. The largest absolute Gasteiger partial charge is 0.393 e. The highest BCUT2D eigenvalue weighted by Gasteiger charge is 2.50. The average molecular weight is 427 g/mol. The van der Waals surface area contributed by atoms with E-state index >= 15 is 0 Å². The van der Waals surface area contributed by atoms with Crippen LogP contribution in [0, 0.1) is 15.6 Å². The molecule has 5 atom stereocenters. The Balaban J connectivity index is 1.81.